The Balaban J connectivity index is 0.00000729. The first-order valence-electron chi connectivity index (χ1n) is 9.51. The number of pyridine rings is 1. The van der Waals surface area contributed by atoms with Crippen molar-refractivity contribution in [1.29, 1.82) is 0 Å². The van der Waals surface area contributed by atoms with E-state index in [1.807, 2.05) is 45.9 Å². The summed E-state index contributed by atoms with van der Waals surface area (Å²) in [5.41, 5.74) is 0.988. The molecule has 0 aliphatic rings. The first kappa shape index (κ1) is 26.4. The number of guanidine groups is 1. The van der Waals surface area contributed by atoms with Gasteiger partial charge in [-0.05, 0) is 52.7 Å². The Morgan fingerprint density at radius 3 is 2.32 bits per heavy atom. The minimum absolute atomic E-state index is 0. The van der Waals surface area contributed by atoms with Crippen LogP contribution in [0.4, 0.5) is 4.79 Å². The van der Waals surface area contributed by atoms with Gasteiger partial charge in [0.05, 0.1) is 17.8 Å². The molecule has 0 radical (unpaired) electrons. The molecule has 0 atom stereocenters. The Bertz CT molecular complexity index is 640. The van der Waals surface area contributed by atoms with E-state index in [1.54, 1.807) is 7.05 Å². The van der Waals surface area contributed by atoms with Crippen molar-refractivity contribution >= 4 is 36.0 Å². The van der Waals surface area contributed by atoms with Crippen molar-refractivity contribution in [2.45, 2.75) is 72.1 Å². The highest BCUT2D eigenvalue weighted by atomic mass is 127. The molecular formula is C20H36IN5O2. The van der Waals surface area contributed by atoms with E-state index in [4.69, 9.17) is 4.74 Å². The molecule has 160 valence electrons. The lowest BCUT2D eigenvalue weighted by Crippen LogP contribution is -2.57. The van der Waals surface area contributed by atoms with Crippen LogP contribution >= 0.6 is 24.0 Å². The fourth-order valence-corrected chi connectivity index (χ4v) is 2.59. The number of amides is 1. The van der Waals surface area contributed by atoms with Crippen molar-refractivity contribution in [3.63, 3.8) is 0 Å². The van der Waals surface area contributed by atoms with Crippen LogP contribution in [-0.2, 0) is 11.3 Å². The molecule has 0 fully saturated rings. The fraction of sp³-hybridized carbons (Fsp3) is 0.650. The topological polar surface area (TPSA) is 87.6 Å². The van der Waals surface area contributed by atoms with Gasteiger partial charge in [-0.1, -0.05) is 19.9 Å². The van der Waals surface area contributed by atoms with Crippen LogP contribution in [-0.4, -0.2) is 41.8 Å². The van der Waals surface area contributed by atoms with Crippen molar-refractivity contribution in [2.75, 3.05) is 13.6 Å². The molecule has 0 aliphatic heterocycles. The largest absolute Gasteiger partial charge is 0.444 e. The number of hydrogen-bond acceptors (Lipinski definition) is 4. The van der Waals surface area contributed by atoms with Crippen molar-refractivity contribution in [1.82, 2.24) is 20.9 Å². The summed E-state index contributed by atoms with van der Waals surface area (Å²) in [5.74, 6) is 0.663. The van der Waals surface area contributed by atoms with Crippen LogP contribution in [0, 0.1) is 6.92 Å². The summed E-state index contributed by atoms with van der Waals surface area (Å²) in [6.45, 7) is 12.8. The van der Waals surface area contributed by atoms with Crippen molar-refractivity contribution in [3.05, 3.63) is 29.6 Å². The maximum Gasteiger partial charge on any atom is 0.408 e. The molecule has 8 heteroatoms. The first-order chi connectivity index (χ1) is 12.6. The first-order valence-corrected chi connectivity index (χ1v) is 9.51. The SMILES string of the molecule is CCC(CC)(CNC(=NC)NCc1cccc(C)n1)NC(=O)OC(C)(C)C.I. The standard InChI is InChI=1S/C20H35N5O2.HI/c1-8-20(9-2,25-18(26)27-19(4,5)6)14-23-17(21-7)22-13-16-12-10-11-15(3)24-16;/h10-12H,8-9,13-14H2,1-7H3,(H,25,26)(H2,21,22,23);1H. The Kier molecular flexibility index (Phi) is 11.4. The number of aryl methyl sites for hydroxylation is 1. The molecular weight excluding hydrogens is 469 g/mol. The molecule has 1 amide bonds. The minimum atomic E-state index is -0.525. The van der Waals surface area contributed by atoms with E-state index in [0.717, 1.165) is 24.2 Å². The number of carbonyl (C=O) groups excluding carboxylic acids is 1. The number of ether oxygens (including phenoxy) is 1. The summed E-state index contributed by atoms with van der Waals surface area (Å²) in [7, 11) is 1.72. The molecule has 0 aromatic carbocycles. The summed E-state index contributed by atoms with van der Waals surface area (Å²) in [4.78, 5) is 21.0. The predicted octanol–water partition coefficient (Wildman–Crippen LogP) is 3.76. The molecule has 0 unspecified atom stereocenters. The van der Waals surface area contributed by atoms with Gasteiger partial charge >= 0.3 is 6.09 Å². The van der Waals surface area contributed by atoms with E-state index in [9.17, 15) is 4.79 Å². The molecule has 7 nitrogen and oxygen atoms in total. The normalized spacial score (nSPS) is 12.0. The zero-order chi connectivity index (χ0) is 20.5. The van der Waals surface area contributed by atoms with Crippen LogP contribution in [0.2, 0.25) is 0 Å². The van der Waals surface area contributed by atoms with Gasteiger partial charge in [-0.15, -0.1) is 24.0 Å². The molecule has 1 aromatic rings. The Labute approximate surface area is 186 Å². The highest BCUT2D eigenvalue weighted by molar-refractivity contribution is 14.0. The molecule has 0 spiro atoms. The Morgan fingerprint density at radius 2 is 1.82 bits per heavy atom. The summed E-state index contributed by atoms with van der Waals surface area (Å²) < 4.78 is 5.41. The van der Waals surface area contributed by atoms with Crippen LogP contribution in [0.25, 0.3) is 0 Å². The van der Waals surface area contributed by atoms with E-state index >= 15 is 0 Å². The van der Waals surface area contributed by atoms with Gasteiger partial charge in [0, 0.05) is 19.3 Å². The quantitative estimate of drug-likeness (QED) is 0.299. The van der Waals surface area contributed by atoms with E-state index in [0.29, 0.717) is 19.0 Å². The zero-order valence-electron chi connectivity index (χ0n) is 18.2. The molecule has 0 bridgehead atoms. The molecule has 28 heavy (non-hydrogen) atoms. The average molecular weight is 505 g/mol. The van der Waals surface area contributed by atoms with Crippen LogP contribution in [0.3, 0.4) is 0 Å². The van der Waals surface area contributed by atoms with Gasteiger partial charge in [-0.3, -0.25) is 9.98 Å². The number of alkyl carbamates (subject to hydrolysis) is 1. The van der Waals surface area contributed by atoms with Gasteiger partial charge in [0.15, 0.2) is 5.96 Å². The third-order valence-electron chi connectivity index (χ3n) is 4.32. The second-order valence-electron chi connectivity index (χ2n) is 7.66. The lowest BCUT2D eigenvalue weighted by molar-refractivity contribution is 0.0448. The fourth-order valence-electron chi connectivity index (χ4n) is 2.59. The molecule has 0 aliphatic carbocycles. The van der Waals surface area contributed by atoms with Crippen molar-refractivity contribution < 1.29 is 9.53 Å². The minimum Gasteiger partial charge on any atom is -0.444 e. The number of rotatable bonds is 7. The molecule has 0 saturated carbocycles. The lowest BCUT2D eigenvalue weighted by atomic mass is 9.93. The highest BCUT2D eigenvalue weighted by Crippen LogP contribution is 2.16. The molecule has 0 saturated heterocycles. The second kappa shape index (κ2) is 12.1. The molecule has 1 heterocycles. The predicted molar refractivity (Wildman–Crippen MR) is 125 cm³/mol. The summed E-state index contributed by atoms with van der Waals surface area (Å²) in [5, 5.41) is 9.59. The van der Waals surface area contributed by atoms with E-state index in [1.165, 1.54) is 0 Å². The number of aliphatic imine (C=N–C) groups is 1. The number of nitrogens with zero attached hydrogens (tertiary/aromatic N) is 2. The smallest absolute Gasteiger partial charge is 0.408 e. The highest BCUT2D eigenvalue weighted by Gasteiger charge is 2.30. The number of carbonyl (C=O) groups is 1. The van der Waals surface area contributed by atoms with Gasteiger partial charge < -0.3 is 20.7 Å². The van der Waals surface area contributed by atoms with Gasteiger partial charge in [0.25, 0.3) is 0 Å². The molecule has 1 rings (SSSR count). The third-order valence-corrected chi connectivity index (χ3v) is 4.32. The van der Waals surface area contributed by atoms with Gasteiger partial charge in [-0.25, -0.2) is 4.79 Å². The number of hydrogen-bond donors (Lipinski definition) is 3. The van der Waals surface area contributed by atoms with Crippen LogP contribution in [0.15, 0.2) is 23.2 Å². The summed E-state index contributed by atoms with van der Waals surface area (Å²) in [6, 6.07) is 5.93. The number of halogens is 1. The number of aromatic nitrogens is 1. The Hall–Kier alpha value is -1.58. The van der Waals surface area contributed by atoms with Crippen molar-refractivity contribution in [3.8, 4) is 0 Å². The summed E-state index contributed by atoms with van der Waals surface area (Å²) >= 11 is 0. The Morgan fingerprint density at radius 1 is 1.18 bits per heavy atom. The van der Waals surface area contributed by atoms with E-state index < -0.39 is 17.2 Å². The van der Waals surface area contributed by atoms with Crippen LogP contribution < -0.4 is 16.0 Å². The lowest BCUT2D eigenvalue weighted by Gasteiger charge is -2.34. The van der Waals surface area contributed by atoms with Gasteiger partial charge in [0.2, 0.25) is 0 Å². The molecule has 1 aromatic heterocycles. The zero-order valence-corrected chi connectivity index (χ0v) is 20.5. The van der Waals surface area contributed by atoms with Gasteiger partial charge in [0.1, 0.15) is 5.60 Å². The third kappa shape index (κ3) is 9.57. The van der Waals surface area contributed by atoms with Crippen LogP contribution in [0.5, 0.6) is 0 Å². The average Bonchev–Trinajstić information content (AvgIpc) is 2.59. The molecule has 3 N–H and O–H groups in total. The monoisotopic (exact) mass is 505 g/mol. The van der Waals surface area contributed by atoms with Crippen molar-refractivity contribution in [2.24, 2.45) is 4.99 Å². The summed E-state index contributed by atoms with van der Waals surface area (Å²) in [6.07, 6.45) is 1.14. The second-order valence-corrected chi connectivity index (χ2v) is 7.66. The van der Waals surface area contributed by atoms with E-state index in [2.05, 4.69) is 39.8 Å². The van der Waals surface area contributed by atoms with Crippen LogP contribution in [0.1, 0.15) is 58.8 Å². The van der Waals surface area contributed by atoms with Gasteiger partial charge in [-0.2, -0.15) is 0 Å². The van der Waals surface area contributed by atoms with E-state index in [-0.39, 0.29) is 24.0 Å². The maximum absolute atomic E-state index is 12.2. The number of nitrogens with one attached hydrogen (secondary N) is 3. The maximum atomic E-state index is 12.2.